The number of carbonyl (C=O) groups is 2. The van der Waals surface area contributed by atoms with Crippen molar-refractivity contribution in [3.05, 3.63) is 69.3 Å². The van der Waals surface area contributed by atoms with Gasteiger partial charge in [-0.25, -0.2) is 4.79 Å². The maximum atomic E-state index is 12.8. The summed E-state index contributed by atoms with van der Waals surface area (Å²) in [6.07, 6.45) is 0.346. The van der Waals surface area contributed by atoms with Crippen LogP contribution in [0.2, 0.25) is 0 Å². The summed E-state index contributed by atoms with van der Waals surface area (Å²) >= 11 is 0. The zero-order valence-corrected chi connectivity index (χ0v) is 15.6. The first kappa shape index (κ1) is 19.3. The molecule has 0 aromatic heterocycles. The van der Waals surface area contributed by atoms with Gasteiger partial charge in [-0.15, -0.1) is 0 Å². The zero-order chi connectivity index (χ0) is 20.3. The number of hydrogen-bond acceptors (Lipinski definition) is 6. The van der Waals surface area contributed by atoms with Crippen LogP contribution in [0.5, 0.6) is 5.75 Å². The number of rotatable bonds is 5. The molecule has 0 aliphatic carbocycles. The van der Waals surface area contributed by atoms with E-state index in [2.05, 4.69) is 0 Å². The summed E-state index contributed by atoms with van der Waals surface area (Å²) in [5, 5.41) is 11.2. The summed E-state index contributed by atoms with van der Waals surface area (Å²) < 4.78 is 10.3. The second-order valence-corrected chi connectivity index (χ2v) is 6.55. The van der Waals surface area contributed by atoms with Gasteiger partial charge in [0.1, 0.15) is 6.04 Å². The van der Waals surface area contributed by atoms with Gasteiger partial charge in [0.05, 0.1) is 12.0 Å². The molecule has 1 aliphatic rings. The summed E-state index contributed by atoms with van der Waals surface area (Å²) in [6, 6.07) is 11.3. The molecule has 1 aliphatic heterocycles. The van der Waals surface area contributed by atoms with Crippen LogP contribution in [0.15, 0.2) is 42.5 Å². The molecule has 8 nitrogen and oxygen atoms in total. The molecular formula is C20H20N2O6. The van der Waals surface area contributed by atoms with Crippen molar-refractivity contribution >= 4 is 17.6 Å². The first-order valence-corrected chi connectivity index (χ1v) is 8.72. The van der Waals surface area contributed by atoms with E-state index in [0.717, 1.165) is 11.1 Å². The lowest BCUT2D eigenvalue weighted by Gasteiger charge is -2.35. The zero-order valence-electron chi connectivity index (χ0n) is 15.6. The molecule has 146 valence electrons. The molecule has 0 unspecified atom stereocenters. The minimum Gasteiger partial charge on any atom is -0.477 e. The van der Waals surface area contributed by atoms with E-state index >= 15 is 0 Å². The lowest BCUT2D eigenvalue weighted by atomic mass is 9.94. The van der Waals surface area contributed by atoms with E-state index in [0.29, 0.717) is 12.0 Å². The minimum atomic E-state index is -0.760. The molecule has 0 N–H and O–H groups in total. The van der Waals surface area contributed by atoms with Crippen molar-refractivity contribution in [1.29, 1.82) is 0 Å². The summed E-state index contributed by atoms with van der Waals surface area (Å²) in [5.74, 6) is -0.945. The highest BCUT2D eigenvalue weighted by Crippen LogP contribution is 2.28. The van der Waals surface area contributed by atoms with Gasteiger partial charge in [0.2, 0.25) is 0 Å². The van der Waals surface area contributed by atoms with Crippen LogP contribution in [0.25, 0.3) is 0 Å². The van der Waals surface area contributed by atoms with Crippen molar-refractivity contribution in [2.45, 2.75) is 25.9 Å². The van der Waals surface area contributed by atoms with E-state index in [1.54, 1.807) is 13.0 Å². The van der Waals surface area contributed by atoms with Crippen LogP contribution in [-0.4, -0.2) is 41.5 Å². The third kappa shape index (κ3) is 3.95. The predicted molar refractivity (Wildman–Crippen MR) is 99.8 cm³/mol. The maximum Gasteiger partial charge on any atom is 0.328 e. The summed E-state index contributed by atoms with van der Waals surface area (Å²) in [7, 11) is 1.28. The highest BCUT2D eigenvalue weighted by atomic mass is 16.6. The van der Waals surface area contributed by atoms with Crippen molar-refractivity contribution in [2.24, 2.45) is 0 Å². The van der Waals surface area contributed by atoms with Gasteiger partial charge in [0.15, 0.2) is 12.4 Å². The molecule has 0 radical (unpaired) electrons. The van der Waals surface area contributed by atoms with Gasteiger partial charge in [-0.05, 0) is 29.7 Å². The molecule has 0 spiro atoms. The van der Waals surface area contributed by atoms with E-state index < -0.39 is 29.4 Å². The fourth-order valence-corrected chi connectivity index (χ4v) is 3.25. The number of ether oxygens (including phenoxy) is 2. The molecule has 28 heavy (non-hydrogen) atoms. The molecule has 0 fully saturated rings. The van der Waals surface area contributed by atoms with E-state index in [1.165, 1.54) is 24.1 Å². The molecule has 8 heteroatoms. The standard InChI is InChI=1S/C20H20N2O6/c1-13-7-8-18(16(9-13)22(25)26)28-12-19(23)21-11-15-6-4-3-5-14(15)10-17(21)20(24)27-2/h3-9,17H,10-12H2,1-2H3/t17-/m1/s1. The Morgan fingerprint density at radius 1 is 1.21 bits per heavy atom. The van der Waals surface area contributed by atoms with Crippen LogP contribution in [0.4, 0.5) is 5.69 Å². The molecule has 0 saturated heterocycles. The van der Waals surface area contributed by atoms with Crippen molar-refractivity contribution < 1.29 is 24.0 Å². The summed E-state index contributed by atoms with van der Waals surface area (Å²) in [4.78, 5) is 37.0. The van der Waals surface area contributed by atoms with Crippen LogP contribution in [0, 0.1) is 17.0 Å². The van der Waals surface area contributed by atoms with Crippen LogP contribution >= 0.6 is 0 Å². The van der Waals surface area contributed by atoms with Crippen molar-refractivity contribution in [3.8, 4) is 5.75 Å². The van der Waals surface area contributed by atoms with Crippen molar-refractivity contribution in [2.75, 3.05) is 13.7 Å². The average Bonchev–Trinajstić information content (AvgIpc) is 2.70. The minimum absolute atomic E-state index is 0.0102. The van der Waals surface area contributed by atoms with Gasteiger partial charge < -0.3 is 14.4 Å². The number of nitro benzene ring substituents is 1. The number of carbonyl (C=O) groups excluding carboxylic acids is 2. The van der Waals surface area contributed by atoms with E-state index in [1.807, 2.05) is 24.3 Å². The smallest absolute Gasteiger partial charge is 0.328 e. The Hall–Kier alpha value is -3.42. The van der Waals surface area contributed by atoms with Crippen molar-refractivity contribution in [3.63, 3.8) is 0 Å². The first-order chi connectivity index (χ1) is 13.4. The molecule has 2 aromatic rings. The van der Waals surface area contributed by atoms with Gasteiger partial charge in [-0.2, -0.15) is 0 Å². The third-order valence-electron chi connectivity index (χ3n) is 4.70. The number of amides is 1. The van der Waals surface area contributed by atoms with Crippen LogP contribution in [0.1, 0.15) is 16.7 Å². The second-order valence-electron chi connectivity index (χ2n) is 6.55. The molecular weight excluding hydrogens is 364 g/mol. The largest absolute Gasteiger partial charge is 0.477 e. The van der Waals surface area contributed by atoms with Crippen LogP contribution < -0.4 is 4.74 Å². The Bertz CT molecular complexity index is 927. The van der Waals surface area contributed by atoms with Gasteiger partial charge in [-0.3, -0.25) is 14.9 Å². The molecule has 0 bridgehead atoms. The molecule has 1 amide bonds. The Balaban J connectivity index is 1.79. The third-order valence-corrected chi connectivity index (χ3v) is 4.70. The monoisotopic (exact) mass is 384 g/mol. The Kier molecular flexibility index (Phi) is 5.58. The Labute approximate surface area is 161 Å². The molecule has 0 saturated carbocycles. The number of hydrogen-bond donors (Lipinski definition) is 0. The Morgan fingerprint density at radius 3 is 2.61 bits per heavy atom. The number of fused-ring (bicyclic) bond motifs is 1. The topological polar surface area (TPSA) is 99.0 Å². The number of aryl methyl sites for hydroxylation is 1. The fraction of sp³-hybridized carbons (Fsp3) is 0.300. The first-order valence-electron chi connectivity index (χ1n) is 8.72. The van der Waals surface area contributed by atoms with E-state index in [4.69, 9.17) is 9.47 Å². The molecule has 1 atom stereocenters. The lowest BCUT2D eigenvalue weighted by Crippen LogP contribution is -2.50. The SMILES string of the molecule is COC(=O)[C@H]1Cc2ccccc2CN1C(=O)COc1ccc(C)cc1[N+](=O)[O-]. The van der Waals surface area contributed by atoms with Gasteiger partial charge >= 0.3 is 11.7 Å². The number of nitrogens with zero attached hydrogens (tertiary/aromatic N) is 2. The number of esters is 1. The van der Waals surface area contributed by atoms with Gasteiger partial charge in [-0.1, -0.05) is 30.3 Å². The number of benzene rings is 2. The number of nitro groups is 1. The fourth-order valence-electron chi connectivity index (χ4n) is 3.25. The second kappa shape index (κ2) is 8.08. The van der Waals surface area contributed by atoms with Crippen LogP contribution in [0.3, 0.4) is 0 Å². The average molecular weight is 384 g/mol. The van der Waals surface area contributed by atoms with Crippen molar-refractivity contribution in [1.82, 2.24) is 4.90 Å². The number of methoxy groups -OCH3 is 1. The van der Waals surface area contributed by atoms with Crippen LogP contribution in [-0.2, 0) is 27.3 Å². The highest BCUT2D eigenvalue weighted by Gasteiger charge is 2.35. The quantitative estimate of drug-likeness (QED) is 0.446. The van der Waals surface area contributed by atoms with E-state index in [-0.39, 0.29) is 18.0 Å². The highest BCUT2D eigenvalue weighted by molar-refractivity contribution is 5.86. The normalized spacial score (nSPS) is 15.5. The van der Waals surface area contributed by atoms with E-state index in [9.17, 15) is 19.7 Å². The summed E-state index contributed by atoms with van der Waals surface area (Å²) in [6.45, 7) is 1.56. The predicted octanol–water partition coefficient (Wildman–Crippen LogP) is 2.41. The van der Waals surface area contributed by atoms with Gasteiger partial charge in [0, 0.05) is 19.0 Å². The lowest BCUT2D eigenvalue weighted by molar-refractivity contribution is -0.385. The summed E-state index contributed by atoms with van der Waals surface area (Å²) in [5.41, 5.74) is 2.43. The maximum absolute atomic E-state index is 12.8. The molecule has 1 heterocycles. The van der Waals surface area contributed by atoms with Gasteiger partial charge in [0.25, 0.3) is 5.91 Å². The molecule has 2 aromatic carbocycles. The Morgan fingerprint density at radius 2 is 1.93 bits per heavy atom. The molecule has 3 rings (SSSR count).